The first-order valence-corrected chi connectivity index (χ1v) is 9.37. The van der Waals surface area contributed by atoms with Crippen molar-refractivity contribution in [3.63, 3.8) is 0 Å². The van der Waals surface area contributed by atoms with Crippen LogP contribution in [0, 0.1) is 0 Å². The van der Waals surface area contributed by atoms with Crippen LogP contribution in [0.4, 0.5) is 24.7 Å². The van der Waals surface area contributed by atoms with Crippen LogP contribution in [0.2, 0.25) is 0 Å². The van der Waals surface area contributed by atoms with Crippen LogP contribution in [0.15, 0.2) is 47.4 Å². The van der Waals surface area contributed by atoms with E-state index in [9.17, 15) is 21.6 Å². The summed E-state index contributed by atoms with van der Waals surface area (Å²) in [7, 11) is -3.86. The van der Waals surface area contributed by atoms with E-state index in [1.807, 2.05) is 4.90 Å². The largest absolute Gasteiger partial charge is 0.433 e. The number of primary sulfonamides is 1. The standard InChI is InChI=1S/C16H17F3N4O2S/c17-16(18,19)14-6-3-7-15(21-14)23-10-8-22(9-11-23)12-4-1-2-5-13(12)26(20,24)25/h1-7H,8-11H2,(H2,20,24,25). The van der Waals surface area contributed by atoms with E-state index >= 15 is 0 Å². The number of sulfonamides is 1. The van der Waals surface area contributed by atoms with Gasteiger partial charge in [-0.25, -0.2) is 18.5 Å². The van der Waals surface area contributed by atoms with Gasteiger partial charge >= 0.3 is 6.18 Å². The van der Waals surface area contributed by atoms with Crippen LogP contribution in [0.25, 0.3) is 0 Å². The lowest BCUT2D eigenvalue weighted by molar-refractivity contribution is -0.141. The highest BCUT2D eigenvalue weighted by atomic mass is 32.2. The van der Waals surface area contributed by atoms with Crippen LogP contribution in [0.5, 0.6) is 0 Å². The van der Waals surface area contributed by atoms with Crippen molar-refractivity contribution in [1.82, 2.24) is 4.98 Å². The second-order valence-electron chi connectivity index (χ2n) is 5.87. The Labute approximate surface area is 149 Å². The second-order valence-corrected chi connectivity index (χ2v) is 7.40. The van der Waals surface area contributed by atoms with Gasteiger partial charge in [0.1, 0.15) is 16.4 Å². The fourth-order valence-corrected chi connectivity index (χ4v) is 3.65. The van der Waals surface area contributed by atoms with E-state index in [2.05, 4.69) is 4.98 Å². The number of piperazine rings is 1. The number of aromatic nitrogens is 1. The molecule has 1 aliphatic heterocycles. The SMILES string of the molecule is NS(=O)(=O)c1ccccc1N1CCN(c2cccc(C(F)(F)F)n2)CC1. The Kier molecular flexibility index (Phi) is 4.80. The van der Waals surface area contributed by atoms with Gasteiger partial charge in [-0.15, -0.1) is 0 Å². The van der Waals surface area contributed by atoms with Crippen molar-refractivity contribution in [3.8, 4) is 0 Å². The van der Waals surface area contributed by atoms with Gasteiger partial charge in [0.25, 0.3) is 0 Å². The molecule has 2 N–H and O–H groups in total. The number of alkyl halides is 3. The predicted octanol–water partition coefficient (Wildman–Crippen LogP) is 2.07. The lowest BCUT2D eigenvalue weighted by atomic mass is 10.2. The first-order chi connectivity index (χ1) is 12.2. The Balaban J connectivity index is 1.77. The number of halogens is 3. The number of nitrogens with zero attached hydrogens (tertiary/aromatic N) is 3. The molecule has 0 aliphatic carbocycles. The zero-order valence-corrected chi connectivity index (χ0v) is 14.5. The van der Waals surface area contributed by atoms with Crippen molar-refractivity contribution in [2.45, 2.75) is 11.1 Å². The Morgan fingerprint density at radius 3 is 2.15 bits per heavy atom. The molecule has 0 bridgehead atoms. The van der Waals surface area contributed by atoms with Crippen molar-refractivity contribution < 1.29 is 21.6 Å². The molecule has 10 heteroatoms. The van der Waals surface area contributed by atoms with Crippen LogP contribution in [-0.4, -0.2) is 39.6 Å². The lowest BCUT2D eigenvalue weighted by Crippen LogP contribution is -2.47. The first-order valence-electron chi connectivity index (χ1n) is 7.82. The molecule has 26 heavy (non-hydrogen) atoms. The molecule has 1 aromatic carbocycles. The number of para-hydroxylation sites is 1. The number of pyridine rings is 1. The molecule has 3 rings (SSSR count). The van der Waals surface area contributed by atoms with Gasteiger partial charge in [0.15, 0.2) is 0 Å². The topological polar surface area (TPSA) is 79.5 Å². The van der Waals surface area contributed by atoms with Crippen LogP contribution >= 0.6 is 0 Å². The first kappa shape index (κ1) is 18.5. The molecule has 0 radical (unpaired) electrons. The van der Waals surface area contributed by atoms with Crippen molar-refractivity contribution in [2.24, 2.45) is 5.14 Å². The minimum absolute atomic E-state index is 0.0330. The molecule has 140 valence electrons. The monoisotopic (exact) mass is 386 g/mol. The smallest absolute Gasteiger partial charge is 0.367 e. The molecule has 1 aliphatic rings. The Morgan fingerprint density at radius 1 is 0.923 bits per heavy atom. The molecule has 1 aromatic heterocycles. The summed E-state index contributed by atoms with van der Waals surface area (Å²) < 4.78 is 61.9. The number of rotatable bonds is 3. The highest BCUT2D eigenvalue weighted by Crippen LogP contribution is 2.30. The minimum atomic E-state index is -4.49. The fourth-order valence-electron chi connectivity index (χ4n) is 2.89. The minimum Gasteiger partial charge on any atom is -0.367 e. The zero-order chi connectivity index (χ0) is 18.9. The lowest BCUT2D eigenvalue weighted by Gasteiger charge is -2.37. The zero-order valence-electron chi connectivity index (χ0n) is 13.6. The molecule has 0 unspecified atom stereocenters. The molecule has 0 atom stereocenters. The molecule has 1 fully saturated rings. The van der Waals surface area contributed by atoms with Crippen molar-refractivity contribution in [2.75, 3.05) is 36.0 Å². The van der Waals surface area contributed by atoms with E-state index in [0.717, 1.165) is 6.07 Å². The Bertz CT molecular complexity index is 894. The van der Waals surface area contributed by atoms with Crippen molar-refractivity contribution in [3.05, 3.63) is 48.2 Å². The summed E-state index contributed by atoms with van der Waals surface area (Å²) in [4.78, 5) is 7.31. The fraction of sp³-hybridized carbons (Fsp3) is 0.312. The average molecular weight is 386 g/mol. The van der Waals surface area contributed by atoms with E-state index in [1.54, 1.807) is 23.1 Å². The third-order valence-electron chi connectivity index (χ3n) is 4.14. The highest BCUT2D eigenvalue weighted by Gasteiger charge is 2.33. The van der Waals surface area contributed by atoms with Crippen LogP contribution in [0.3, 0.4) is 0 Å². The molecule has 0 spiro atoms. The van der Waals surface area contributed by atoms with E-state index in [1.165, 1.54) is 18.2 Å². The maximum atomic E-state index is 12.8. The molecular formula is C16H17F3N4O2S. The van der Waals surface area contributed by atoms with E-state index in [4.69, 9.17) is 5.14 Å². The highest BCUT2D eigenvalue weighted by molar-refractivity contribution is 7.89. The summed E-state index contributed by atoms with van der Waals surface area (Å²) in [5.74, 6) is 0.249. The van der Waals surface area contributed by atoms with Gasteiger partial charge in [-0.2, -0.15) is 13.2 Å². The maximum absolute atomic E-state index is 12.8. The van der Waals surface area contributed by atoms with E-state index in [-0.39, 0.29) is 10.7 Å². The van der Waals surface area contributed by atoms with E-state index in [0.29, 0.717) is 31.9 Å². The van der Waals surface area contributed by atoms with Gasteiger partial charge < -0.3 is 9.80 Å². The van der Waals surface area contributed by atoms with Gasteiger partial charge in [0, 0.05) is 26.2 Å². The van der Waals surface area contributed by atoms with Crippen molar-refractivity contribution >= 4 is 21.5 Å². The van der Waals surface area contributed by atoms with Gasteiger partial charge in [-0.3, -0.25) is 0 Å². The van der Waals surface area contributed by atoms with Crippen LogP contribution < -0.4 is 14.9 Å². The van der Waals surface area contributed by atoms with Gasteiger partial charge in [-0.1, -0.05) is 18.2 Å². The van der Waals surface area contributed by atoms with Crippen LogP contribution in [0.1, 0.15) is 5.69 Å². The Hall–Kier alpha value is -2.33. The number of benzene rings is 1. The molecule has 2 heterocycles. The second kappa shape index (κ2) is 6.76. The molecule has 0 amide bonds. The summed E-state index contributed by atoms with van der Waals surface area (Å²) in [5, 5.41) is 5.26. The molecular weight excluding hydrogens is 369 g/mol. The molecule has 0 saturated carbocycles. The summed E-state index contributed by atoms with van der Waals surface area (Å²) in [6.45, 7) is 1.69. The third kappa shape index (κ3) is 3.91. The maximum Gasteiger partial charge on any atom is 0.433 e. The van der Waals surface area contributed by atoms with Gasteiger partial charge in [0.05, 0.1) is 5.69 Å². The Morgan fingerprint density at radius 2 is 1.54 bits per heavy atom. The summed E-state index contributed by atoms with van der Waals surface area (Å²) in [6, 6.07) is 10.2. The predicted molar refractivity (Wildman–Crippen MR) is 91.5 cm³/mol. The van der Waals surface area contributed by atoms with Crippen molar-refractivity contribution in [1.29, 1.82) is 0 Å². The number of hydrogen-bond acceptors (Lipinski definition) is 5. The number of nitrogens with two attached hydrogens (primary N) is 1. The summed E-state index contributed by atoms with van der Waals surface area (Å²) in [6.07, 6.45) is -4.49. The summed E-state index contributed by atoms with van der Waals surface area (Å²) >= 11 is 0. The normalized spacial score (nSPS) is 16.0. The average Bonchev–Trinajstić information content (AvgIpc) is 2.61. The summed E-state index contributed by atoms with van der Waals surface area (Å²) in [5.41, 5.74) is -0.441. The molecule has 1 saturated heterocycles. The third-order valence-corrected chi connectivity index (χ3v) is 5.10. The molecule has 6 nitrogen and oxygen atoms in total. The van der Waals surface area contributed by atoms with E-state index < -0.39 is 21.9 Å². The number of anilines is 2. The van der Waals surface area contributed by atoms with Crippen LogP contribution in [-0.2, 0) is 16.2 Å². The van der Waals surface area contributed by atoms with Gasteiger partial charge in [0.2, 0.25) is 10.0 Å². The quantitative estimate of drug-likeness (QED) is 0.874. The van der Waals surface area contributed by atoms with Gasteiger partial charge in [-0.05, 0) is 24.3 Å². The molecule has 2 aromatic rings. The number of hydrogen-bond donors (Lipinski definition) is 1.